The highest BCUT2D eigenvalue weighted by molar-refractivity contribution is 6.30. The maximum absolute atomic E-state index is 12.7. The molecule has 3 rings (SSSR count). The van der Waals surface area contributed by atoms with Crippen LogP contribution in [-0.2, 0) is 6.54 Å². The van der Waals surface area contributed by atoms with Crippen LogP contribution in [-0.4, -0.2) is 38.2 Å². The monoisotopic (exact) mass is 334 g/mol. The maximum Gasteiger partial charge on any atom is 0.266 e. The molecule has 23 heavy (non-hydrogen) atoms. The molecule has 1 fully saturated rings. The van der Waals surface area contributed by atoms with Crippen molar-refractivity contribution in [1.82, 2.24) is 19.7 Å². The second-order valence-corrected chi connectivity index (χ2v) is 6.38. The summed E-state index contributed by atoms with van der Waals surface area (Å²) in [6.07, 6.45) is 3.34. The van der Waals surface area contributed by atoms with Gasteiger partial charge in [0.2, 0.25) is 0 Å². The van der Waals surface area contributed by atoms with Gasteiger partial charge in [-0.25, -0.2) is 0 Å². The van der Waals surface area contributed by atoms with Crippen molar-refractivity contribution in [2.75, 3.05) is 6.54 Å². The second-order valence-electron chi connectivity index (χ2n) is 5.97. The molecular formula is C16H19ClN4O2. The number of nitrogens with one attached hydrogen (secondary N) is 1. The highest BCUT2D eigenvalue weighted by Gasteiger charge is 2.30. The minimum atomic E-state index is -0.385. The number of aryl methyl sites for hydroxylation is 2. The van der Waals surface area contributed by atoms with E-state index in [9.17, 15) is 9.59 Å². The van der Waals surface area contributed by atoms with Crippen LogP contribution in [0.1, 0.15) is 34.6 Å². The third kappa shape index (κ3) is 3.17. The molecule has 7 heteroatoms. The number of carbonyl (C=O) groups is 1. The summed E-state index contributed by atoms with van der Waals surface area (Å²) in [7, 11) is 0. The van der Waals surface area contributed by atoms with Crippen LogP contribution in [0, 0.1) is 13.8 Å². The van der Waals surface area contributed by atoms with Crippen molar-refractivity contribution in [2.45, 2.75) is 39.3 Å². The normalized spacial score (nSPS) is 17.7. The number of rotatable bonds is 3. The molecule has 0 bridgehead atoms. The number of hydrogen-bond acceptors (Lipinski definition) is 3. The van der Waals surface area contributed by atoms with E-state index < -0.39 is 0 Å². The zero-order chi connectivity index (χ0) is 16.6. The number of halogens is 1. The molecule has 0 aliphatic carbocycles. The minimum absolute atomic E-state index is 0.0325. The van der Waals surface area contributed by atoms with Crippen molar-refractivity contribution in [3.8, 4) is 0 Å². The van der Waals surface area contributed by atoms with Crippen molar-refractivity contribution < 1.29 is 4.79 Å². The fourth-order valence-electron chi connectivity index (χ4n) is 3.10. The molecule has 1 N–H and O–H groups in total. The molecule has 2 aromatic heterocycles. The van der Waals surface area contributed by atoms with Crippen LogP contribution in [0.4, 0.5) is 0 Å². The molecule has 3 heterocycles. The van der Waals surface area contributed by atoms with E-state index in [-0.39, 0.29) is 22.5 Å². The lowest BCUT2D eigenvalue weighted by atomic mass is 10.2. The molecule has 0 radical (unpaired) electrons. The first-order valence-electron chi connectivity index (χ1n) is 7.66. The molecule has 1 aliphatic rings. The van der Waals surface area contributed by atoms with Gasteiger partial charge in [0.15, 0.2) is 0 Å². The van der Waals surface area contributed by atoms with Gasteiger partial charge in [0.05, 0.1) is 23.8 Å². The highest BCUT2D eigenvalue weighted by Crippen LogP contribution is 2.22. The maximum atomic E-state index is 12.7. The van der Waals surface area contributed by atoms with Crippen molar-refractivity contribution in [3.05, 3.63) is 50.7 Å². The summed E-state index contributed by atoms with van der Waals surface area (Å²) in [4.78, 5) is 28.4. The van der Waals surface area contributed by atoms with Crippen LogP contribution >= 0.6 is 11.6 Å². The van der Waals surface area contributed by atoms with E-state index in [2.05, 4.69) is 10.1 Å². The molecule has 1 saturated heterocycles. The molecule has 1 aliphatic heterocycles. The van der Waals surface area contributed by atoms with Gasteiger partial charge in [-0.2, -0.15) is 5.10 Å². The summed E-state index contributed by atoms with van der Waals surface area (Å²) >= 11 is 5.83. The number of pyridine rings is 1. The number of likely N-dealkylation sites (tertiary alicyclic amines) is 1. The minimum Gasteiger partial charge on any atom is -0.334 e. The van der Waals surface area contributed by atoms with Crippen molar-refractivity contribution in [3.63, 3.8) is 0 Å². The molecule has 0 aromatic carbocycles. The number of nitrogens with zero attached hydrogens (tertiary/aromatic N) is 3. The van der Waals surface area contributed by atoms with E-state index >= 15 is 0 Å². The molecule has 1 amide bonds. The Morgan fingerprint density at radius 2 is 2.22 bits per heavy atom. The predicted octanol–water partition coefficient (Wildman–Crippen LogP) is 2.15. The van der Waals surface area contributed by atoms with E-state index in [0.29, 0.717) is 18.7 Å². The SMILES string of the molecule is Cc1cc(C)n(C[C@H]2CCCN2C(=O)c2c[nH]c(=O)c(Cl)c2)n1. The lowest BCUT2D eigenvalue weighted by molar-refractivity contribution is 0.0720. The molecule has 0 saturated carbocycles. The Morgan fingerprint density at radius 1 is 1.43 bits per heavy atom. The predicted molar refractivity (Wildman–Crippen MR) is 87.8 cm³/mol. The Hall–Kier alpha value is -2.08. The van der Waals surface area contributed by atoms with Gasteiger partial charge in [-0.3, -0.25) is 14.3 Å². The topological polar surface area (TPSA) is 71.0 Å². The van der Waals surface area contributed by atoms with Crippen LogP contribution in [0.5, 0.6) is 0 Å². The van der Waals surface area contributed by atoms with E-state index in [4.69, 9.17) is 11.6 Å². The van der Waals surface area contributed by atoms with Gasteiger partial charge in [-0.05, 0) is 38.8 Å². The van der Waals surface area contributed by atoms with Gasteiger partial charge >= 0.3 is 0 Å². The molecule has 122 valence electrons. The Kier molecular flexibility index (Phi) is 4.26. The molecule has 6 nitrogen and oxygen atoms in total. The molecule has 0 unspecified atom stereocenters. The number of carbonyl (C=O) groups excluding carboxylic acids is 1. The van der Waals surface area contributed by atoms with Gasteiger partial charge in [0.25, 0.3) is 11.5 Å². The number of aromatic nitrogens is 3. The zero-order valence-corrected chi connectivity index (χ0v) is 13.9. The summed E-state index contributed by atoms with van der Waals surface area (Å²) < 4.78 is 1.95. The van der Waals surface area contributed by atoms with E-state index in [1.807, 2.05) is 29.5 Å². The first-order chi connectivity index (χ1) is 11.0. The fourth-order valence-corrected chi connectivity index (χ4v) is 3.27. The summed E-state index contributed by atoms with van der Waals surface area (Å²) in [6, 6.07) is 3.57. The number of H-pyrrole nitrogens is 1. The zero-order valence-electron chi connectivity index (χ0n) is 13.2. The first-order valence-corrected chi connectivity index (χ1v) is 8.04. The summed E-state index contributed by atoms with van der Waals surface area (Å²) in [5.41, 5.74) is 2.10. The Balaban J connectivity index is 1.80. The average molecular weight is 335 g/mol. The van der Waals surface area contributed by atoms with E-state index in [1.165, 1.54) is 12.3 Å². The first kappa shape index (κ1) is 15.8. The van der Waals surface area contributed by atoms with E-state index in [1.54, 1.807) is 0 Å². The fraction of sp³-hybridized carbons (Fsp3) is 0.438. The van der Waals surface area contributed by atoms with Crippen molar-refractivity contribution in [2.24, 2.45) is 0 Å². The van der Waals surface area contributed by atoms with Crippen molar-refractivity contribution >= 4 is 17.5 Å². The highest BCUT2D eigenvalue weighted by atomic mass is 35.5. The number of amides is 1. The molecule has 0 spiro atoms. The lowest BCUT2D eigenvalue weighted by Gasteiger charge is -2.25. The number of aromatic amines is 1. The third-order valence-electron chi connectivity index (χ3n) is 4.23. The third-order valence-corrected chi connectivity index (χ3v) is 4.51. The van der Waals surface area contributed by atoms with Crippen LogP contribution in [0.2, 0.25) is 5.02 Å². The molecular weight excluding hydrogens is 316 g/mol. The second kappa shape index (κ2) is 6.20. The Labute approximate surface area is 139 Å². The lowest BCUT2D eigenvalue weighted by Crippen LogP contribution is -2.38. The van der Waals surface area contributed by atoms with Gasteiger partial charge < -0.3 is 9.88 Å². The average Bonchev–Trinajstić information content (AvgIpc) is 3.08. The standard InChI is InChI=1S/C16H19ClN4O2/c1-10-6-11(2)21(19-10)9-13-4-3-5-20(13)16(23)12-7-14(17)15(22)18-8-12/h6-8,13H,3-5,9H2,1-2H3,(H,18,22)/t13-/m1/s1. The van der Waals surface area contributed by atoms with E-state index in [0.717, 1.165) is 24.2 Å². The summed E-state index contributed by atoms with van der Waals surface area (Å²) in [5.74, 6) is -0.104. The Morgan fingerprint density at radius 3 is 2.87 bits per heavy atom. The smallest absolute Gasteiger partial charge is 0.266 e. The Bertz CT molecular complexity index is 796. The molecule has 1 atom stereocenters. The molecule has 2 aromatic rings. The van der Waals surface area contributed by atoms with Gasteiger partial charge in [0.1, 0.15) is 5.02 Å². The summed E-state index contributed by atoms with van der Waals surface area (Å²) in [6.45, 7) is 5.37. The van der Waals surface area contributed by atoms with Gasteiger partial charge in [0, 0.05) is 18.4 Å². The quantitative estimate of drug-likeness (QED) is 0.934. The number of hydrogen-bond donors (Lipinski definition) is 1. The summed E-state index contributed by atoms with van der Waals surface area (Å²) in [5, 5.41) is 4.51. The van der Waals surface area contributed by atoms with Crippen LogP contribution in [0.3, 0.4) is 0 Å². The van der Waals surface area contributed by atoms with Crippen LogP contribution in [0.25, 0.3) is 0 Å². The largest absolute Gasteiger partial charge is 0.334 e. The van der Waals surface area contributed by atoms with Gasteiger partial charge in [-0.1, -0.05) is 11.6 Å². The van der Waals surface area contributed by atoms with Crippen molar-refractivity contribution in [1.29, 1.82) is 0 Å². The van der Waals surface area contributed by atoms with Crippen LogP contribution in [0.15, 0.2) is 23.1 Å². The van der Waals surface area contributed by atoms with Gasteiger partial charge in [-0.15, -0.1) is 0 Å². The van der Waals surface area contributed by atoms with Crippen LogP contribution < -0.4 is 5.56 Å².